The maximum atomic E-state index is 14.0. The van der Waals surface area contributed by atoms with E-state index in [0.29, 0.717) is 11.3 Å². The summed E-state index contributed by atoms with van der Waals surface area (Å²) in [6, 6.07) is 10.3. The van der Waals surface area contributed by atoms with Crippen molar-refractivity contribution in [1.82, 2.24) is 0 Å². The first kappa shape index (κ1) is 14.7. The molecule has 20 heavy (non-hydrogen) atoms. The molecular formula is C16H16ClFO2. The Bertz CT molecular complexity index is 613. The van der Waals surface area contributed by atoms with Crippen molar-refractivity contribution in [2.75, 3.05) is 14.2 Å². The molecule has 2 nitrogen and oxygen atoms in total. The zero-order chi connectivity index (χ0) is 14.7. The van der Waals surface area contributed by atoms with Gasteiger partial charge < -0.3 is 9.47 Å². The lowest BCUT2D eigenvalue weighted by atomic mass is 10.0. The molecule has 1 unspecified atom stereocenters. The Labute approximate surface area is 123 Å². The van der Waals surface area contributed by atoms with Crippen molar-refractivity contribution in [3.05, 3.63) is 58.9 Å². The quantitative estimate of drug-likeness (QED) is 0.774. The van der Waals surface area contributed by atoms with E-state index in [1.54, 1.807) is 19.2 Å². The van der Waals surface area contributed by atoms with Gasteiger partial charge in [0.25, 0.3) is 0 Å². The van der Waals surface area contributed by atoms with Gasteiger partial charge in [0, 0.05) is 11.6 Å². The zero-order valence-corrected chi connectivity index (χ0v) is 12.4. The van der Waals surface area contributed by atoms with E-state index >= 15 is 0 Å². The van der Waals surface area contributed by atoms with E-state index in [2.05, 4.69) is 0 Å². The fourth-order valence-corrected chi connectivity index (χ4v) is 2.33. The second-order valence-corrected chi connectivity index (χ2v) is 4.92. The first-order valence-electron chi connectivity index (χ1n) is 6.19. The second kappa shape index (κ2) is 6.14. The molecule has 4 heteroatoms. The minimum absolute atomic E-state index is 0.385. The predicted molar refractivity (Wildman–Crippen MR) is 78.4 cm³/mol. The van der Waals surface area contributed by atoms with Crippen LogP contribution in [0.4, 0.5) is 4.39 Å². The van der Waals surface area contributed by atoms with Gasteiger partial charge in [0.2, 0.25) is 0 Å². The van der Waals surface area contributed by atoms with Gasteiger partial charge in [-0.15, -0.1) is 11.6 Å². The molecule has 2 rings (SSSR count). The number of hydrogen-bond donors (Lipinski definition) is 0. The normalized spacial score (nSPS) is 12.1. The predicted octanol–water partition coefficient (Wildman–Crippen LogP) is 4.48. The molecule has 0 N–H and O–H groups in total. The van der Waals surface area contributed by atoms with Crippen LogP contribution in [0.5, 0.6) is 11.5 Å². The van der Waals surface area contributed by atoms with Crippen LogP contribution in [0.2, 0.25) is 0 Å². The molecule has 1 atom stereocenters. The molecule has 0 fully saturated rings. The van der Waals surface area contributed by atoms with Crippen LogP contribution in [-0.4, -0.2) is 14.2 Å². The highest BCUT2D eigenvalue weighted by molar-refractivity contribution is 6.22. The number of methoxy groups -OCH3 is 2. The molecule has 0 aliphatic rings. The van der Waals surface area contributed by atoms with Gasteiger partial charge in [-0.1, -0.05) is 18.2 Å². The smallest absolute Gasteiger partial charge is 0.131 e. The Morgan fingerprint density at radius 1 is 1.05 bits per heavy atom. The van der Waals surface area contributed by atoms with Gasteiger partial charge in [0.1, 0.15) is 17.3 Å². The largest absolute Gasteiger partial charge is 0.497 e. The van der Waals surface area contributed by atoms with Crippen molar-refractivity contribution in [3.63, 3.8) is 0 Å². The zero-order valence-electron chi connectivity index (χ0n) is 11.6. The molecule has 0 radical (unpaired) electrons. The third kappa shape index (κ3) is 2.88. The Kier molecular flexibility index (Phi) is 4.50. The minimum Gasteiger partial charge on any atom is -0.497 e. The summed E-state index contributed by atoms with van der Waals surface area (Å²) in [7, 11) is 3.10. The van der Waals surface area contributed by atoms with E-state index in [9.17, 15) is 4.39 Å². The summed E-state index contributed by atoms with van der Waals surface area (Å²) in [5.41, 5.74) is 2.21. The van der Waals surface area contributed by atoms with Crippen molar-refractivity contribution in [1.29, 1.82) is 0 Å². The van der Waals surface area contributed by atoms with Crippen LogP contribution in [0.25, 0.3) is 0 Å². The molecule has 0 heterocycles. The van der Waals surface area contributed by atoms with Crippen LogP contribution in [0.3, 0.4) is 0 Å². The fraction of sp³-hybridized carbons (Fsp3) is 0.250. The van der Waals surface area contributed by atoms with Crippen LogP contribution >= 0.6 is 11.6 Å². The molecule has 0 saturated carbocycles. The van der Waals surface area contributed by atoms with E-state index in [0.717, 1.165) is 16.9 Å². The standard InChI is InChI=1S/C16H16ClFO2/c1-10-4-5-11(8-15(10)20-3)16(17)13-7-6-12(19-2)9-14(13)18/h4-9,16H,1-3H3. The molecule has 0 bridgehead atoms. The van der Waals surface area contributed by atoms with E-state index in [1.165, 1.54) is 13.2 Å². The number of benzene rings is 2. The molecule has 2 aromatic rings. The van der Waals surface area contributed by atoms with Crippen LogP contribution < -0.4 is 9.47 Å². The van der Waals surface area contributed by atoms with Gasteiger partial charge in [0.05, 0.1) is 19.6 Å². The van der Waals surface area contributed by atoms with Crippen LogP contribution in [0, 0.1) is 12.7 Å². The monoisotopic (exact) mass is 294 g/mol. The number of alkyl halides is 1. The number of rotatable bonds is 4. The van der Waals surface area contributed by atoms with E-state index < -0.39 is 5.38 Å². The Balaban J connectivity index is 2.38. The third-order valence-corrected chi connectivity index (χ3v) is 3.69. The molecule has 0 aliphatic carbocycles. The van der Waals surface area contributed by atoms with Crippen molar-refractivity contribution < 1.29 is 13.9 Å². The summed E-state index contributed by atoms with van der Waals surface area (Å²) in [4.78, 5) is 0. The molecule has 0 spiro atoms. The van der Waals surface area contributed by atoms with Gasteiger partial charge in [-0.05, 0) is 30.2 Å². The van der Waals surface area contributed by atoms with Crippen molar-refractivity contribution in [3.8, 4) is 11.5 Å². The van der Waals surface area contributed by atoms with Crippen molar-refractivity contribution in [2.45, 2.75) is 12.3 Å². The van der Waals surface area contributed by atoms with E-state index in [4.69, 9.17) is 21.1 Å². The lowest BCUT2D eigenvalue weighted by Gasteiger charge is -2.14. The van der Waals surface area contributed by atoms with Gasteiger partial charge in [-0.2, -0.15) is 0 Å². The van der Waals surface area contributed by atoms with Crippen LogP contribution in [0.15, 0.2) is 36.4 Å². The average molecular weight is 295 g/mol. The summed E-state index contributed by atoms with van der Waals surface area (Å²) in [5, 5.41) is -0.574. The number of halogens is 2. The van der Waals surface area contributed by atoms with Gasteiger partial charge in [-0.3, -0.25) is 0 Å². The van der Waals surface area contributed by atoms with Gasteiger partial charge in [-0.25, -0.2) is 4.39 Å². The van der Waals surface area contributed by atoms with Gasteiger partial charge in [0.15, 0.2) is 0 Å². The highest BCUT2D eigenvalue weighted by Gasteiger charge is 2.17. The highest BCUT2D eigenvalue weighted by atomic mass is 35.5. The maximum absolute atomic E-state index is 14.0. The Morgan fingerprint density at radius 3 is 2.40 bits per heavy atom. The minimum atomic E-state index is -0.574. The summed E-state index contributed by atoms with van der Waals surface area (Å²) in [6.45, 7) is 1.94. The lowest BCUT2D eigenvalue weighted by molar-refractivity contribution is 0.410. The molecule has 0 amide bonds. The molecule has 0 saturated heterocycles. The number of aryl methyl sites for hydroxylation is 1. The topological polar surface area (TPSA) is 18.5 Å². The molecule has 2 aromatic carbocycles. The summed E-state index contributed by atoms with van der Waals surface area (Å²) in [5.74, 6) is 0.822. The SMILES string of the molecule is COc1ccc(C(Cl)c2ccc(C)c(OC)c2)c(F)c1. The van der Waals surface area contributed by atoms with Crippen LogP contribution in [-0.2, 0) is 0 Å². The third-order valence-electron chi connectivity index (χ3n) is 3.21. The Hall–Kier alpha value is -1.74. The molecule has 0 aromatic heterocycles. The maximum Gasteiger partial charge on any atom is 0.131 e. The van der Waals surface area contributed by atoms with Crippen molar-refractivity contribution in [2.24, 2.45) is 0 Å². The number of ether oxygens (including phenoxy) is 2. The first-order chi connectivity index (χ1) is 9.56. The van der Waals surface area contributed by atoms with Crippen molar-refractivity contribution >= 4 is 11.6 Å². The summed E-state index contributed by atoms with van der Waals surface area (Å²) < 4.78 is 24.3. The molecule has 106 valence electrons. The lowest BCUT2D eigenvalue weighted by Crippen LogP contribution is -1.99. The second-order valence-electron chi connectivity index (χ2n) is 4.48. The van der Waals surface area contributed by atoms with Gasteiger partial charge >= 0.3 is 0 Å². The fourth-order valence-electron chi connectivity index (χ4n) is 2.01. The highest BCUT2D eigenvalue weighted by Crippen LogP contribution is 2.34. The average Bonchev–Trinajstić information content (AvgIpc) is 2.47. The number of hydrogen-bond acceptors (Lipinski definition) is 2. The van der Waals surface area contributed by atoms with E-state index in [-0.39, 0.29) is 5.82 Å². The first-order valence-corrected chi connectivity index (χ1v) is 6.62. The Morgan fingerprint density at radius 2 is 1.80 bits per heavy atom. The van der Waals surface area contributed by atoms with Crippen LogP contribution in [0.1, 0.15) is 22.1 Å². The molecule has 0 aliphatic heterocycles. The van der Waals surface area contributed by atoms with E-state index in [1.807, 2.05) is 25.1 Å². The summed E-state index contributed by atoms with van der Waals surface area (Å²) in [6.07, 6.45) is 0. The summed E-state index contributed by atoms with van der Waals surface area (Å²) >= 11 is 6.38. The molecular weight excluding hydrogens is 279 g/mol.